The largest absolute Gasteiger partial charge is 0.0654 e. The lowest BCUT2D eigenvalue weighted by Gasteiger charge is -2.41. The van der Waals surface area contributed by atoms with Crippen LogP contribution < -0.4 is 0 Å². The highest BCUT2D eigenvalue weighted by Gasteiger charge is 2.39. The van der Waals surface area contributed by atoms with Gasteiger partial charge in [0, 0.05) is 0 Å². The van der Waals surface area contributed by atoms with Crippen LogP contribution in [0, 0.1) is 47.3 Å². The molecule has 152 valence electrons. The zero-order valence-electron chi connectivity index (χ0n) is 18.5. The molecule has 3 saturated carbocycles. The minimum Gasteiger partial charge on any atom is -0.0654 e. The monoisotopic (exact) mass is 360 g/mol. The summed E-state index contributed by atoms with van der Waals surface area (Å²) in [6.45, 7) is 10.1. The third kappa shape index (κ3) is 4.88. The van der Waals surface area contributed by atoms with Gasteiger partial charge in [0.15, 0.2) is 0 Å². The van der Waals surface area contributed by atoms with Crippen molar-refractivity contribution in [3.63, 3.8) is 0 Å². The van der Waals surface area contributed by atoms with Crippen LogP contribution in [0.2, 0.25) is 0 Å². The molecule has 0 aromatic carbocycles. The van der Waals surface area contributed by atoms with Gasteiger partial charge >= 0.3 is 0 Å². The van der Waals surface area contributed by atoms with Gasteiger partial charge in [-0.15, -0.1) is 0 Å². The van der Waals surface area contributed by atoms with Gasteiger partial charge in [0.05, 0.1) is 0 Å². The molecular formula is C26H48. The van der Waals surface area contributed by atoms with E-state index in [4.69, 9.17) is 0 Å². The van der Waals surface area contributed by atoms with E-state index in [1.165, 1.54) is 44.9 Å². The quantitative estimate of drug-likeness (QED) is 0.471. The number of rotatable bonds is 4. The molecule has 0 amide bonds. The van der Waals surface area contributed by atoms with Crippen LogP contribution in [0.25, 0.3) is 0 Å². The van der Waals surface area contributed by atoms with E-state index in [0.717, 1.165) is 47.3 Å². The van der Waals surface area contributed by atoms with Gasteiger partial charge in [-0.3, -0.25) is 0 Å². The first-order valence-corrected chi connectivity index (χ1v) is 12.6. The topological polar surface area (TPSA) is 0 Å². The predicted molar refractivity (Wildman–Crippen MR) is 115 cm³/mol. The maximum atomic E-state index is 2.64. The Morgan fingerprint density at radius 3 is 2.04 bits per heavy atom. The summed E-state index contributed by atoms with van der Waals surface area (Å²) >= 11 is 0. The van der Waals surface area contributed by atoms with E-state index in [2.05, 4.69) is 27.7 Å². The molecule has 0 aromatic heterocycles. The van der Waals surface area contributed by atoms with Crippen LogP contribution in [0.4, 0.5) is 0 Å². The first kappa shape index (κ1) is 20.7. The Labute approximate surface area is 165 Å². The summed E-state index contributed by atoms with van der Waals surface area (Å²) in [7, 11) is 0. The fourth-order valence-corrected chi connectivity index (χ4v) is 7.78. The van der Waals surface area contributed by atoms with E-state index in [0.29, 0.717) is 0 Å². The average Bonchev–Trinajstić information content (AvgIpc) is 2.70. The molecule has 0 aliphatic heterocycles. The Hall–Kier alpha value is 0. The van der Waals surface area contributed by atoms with Crippen molar-refractivity contribution in [1.82, 2.24) is 0 Å². The Morgan fingerprint density at radius 2 is 1.35 bits per heavy atom. The molecule has 0 aromatic rings. The van der Waals surface area contributed by atoms with Gasteiger partial charge in [-0.05, 0) is 85.9 Å². The van der Waals surface area contributed by atoms with Gasteiger partial charge in [0.2, 0.25) is 0 Å². The Kier molecular flexibility index (Phi) is 7.95. The van der Waals surface area contributed by atoms with Crippen molar-refractivity contribution < 1.29 is 0 Å². The van der Waals surface area contributed by atoms with E-state index >= 15 is 0 Å². The molecule has 0 N–H and O–H groups in total. The van der Waals surface area contributed by atoms with Crippen LogP contribution in [0.15, 0.2) is 0 Å². The maximum absolute atomic E-state index is 2.64. The molecule has 0 bridgehead atoms. The second kappa shape index (κ2) is 9.97. The SMILES string of the molecule is CCCC1CC(C)C2CCCCC2CCC(C2CCC(C)CC2)C1CC. The van der Waals surface area contributed by atoms with E-state index in [1.54, 1.807) is 44.9 Å². The third-order valence-electron chi connectivity index (χ3n) is 9.20. The van der Waals surface area contributed by atoms with E-state index in [1.807, 2.05) is 0 Å². The minimum absolute atomic E-state index is 0.982. The molecule has 3 aliphatic carbocycles. The zero-order valence-corrected chi connectivity index (χ0v) is 18.5. The van der Waals surface area contributed by atoms with Gasteiger partial charge in [0.25, 0.3) is 0 Å². The molecule has 3 rings (SSSR count). The van der Waals surface area contributed by atoms with Crippen LogP contribution in [-0.4, -0.2) is 0 Å². The summed E-state index contributed by atoms with van der Waals surface area (Å²) in [5.41, 5.74) is 0. The molecule has 3 fully saturated rings. The van der Waals surface area contributed by atoms with Gasteiger partial charge in [-0.25, -0.2) is 0 Å². The standard InChI is InChI=1S/C26H48/c1-5-9-23-18-20(4)25-11-8-7-10-21(25)16-17-26(24(23)6-2)22-14-12-19(3)13-15-22/h19-26H,5-18H2,1-4H3. The van der Waals surface area contributed by atoms with Crippen molar-refractivity contribution in [1.29, 1.82) is 0 Å². The van der Waals surface area contributed by atoms with Crippen LogP contribution in [0.5, 0.6) is 0 Å². The maximum Gasteiger partial charge on any atom is -0.0355 e. The summed E-state index contributed by atoms with van der Waals surface area (Å²) in [6, 6.07) is 0. The summed E-state index contributed by atoms with van der Waals surface area (Å²) in [6.07, 6.45) is 21.3. The molecule has 6 atom stereocenters. The molecule has 6 unspecified atom stereocenters. The lowest BCUT2D eigenvalue weighted by molar-refractivity contribution is 0.0923. The smallest absolute Gasteiger partial charge is 0.0355 e. The Bertz CT molecular complexity index is 391. The fraction of sp³-hybridized carbons (Fsp3) is 1.00. The van der Waals surface area contributed by atoms with Gasteiger partial charge < -0.3 is 0 Å². The highest BCUT2D eigenvalue weighted by Crippen LogP contribution is 2.49. The number of hydrogen-bond donors (Lipinski definition) is 0. The average molecular weight is 361 g/mol. The molecular weight excluding hydrogens is 312 g/mol. The van der Waals surface area contributed by atoms with Crippen LogP contribution in [-0.2, 0) is 0 Å². The van der Waals surface area contributed by atoms with Crippen molar-refractivity contribution in [3.8, 4) is 0 Å². The van der Waals surface area contributed by atoms with E-state index in [-0.39, 0.29) is 0 Å². The molecule has 0 spiro atoms. The minimum atomic E-state index is 0.982. The van der Waals surface area contributed by atoms with Gasteiger partial charge in [-0.2, -0.15) is 0 Å². The summed E-state index contributed by atoms with van der Waals surface area (Å²) in [5.74, 6) is 8.27. The number of fused-ring (bicyclic) bond motifs is 1. The van der Waals surface area contributed by atoms with Crippen LogP contribution in [0.1, 0.15) is 118 Å². The molecule has 0 saturated heterocycles. The zero-order chi connectivity index (χ0) is 18.5. The van der Waals surface area contributed by atoms with Crippen molar-refractivity contribution >= 4 is 0 Å². The molecule has 0 nitrogen and oxygen atoms in total. The molecule has 3 aliphatic rings. The molecule has 0 heterocycles. The fourth-order valence-electron chi connectivity index (χ4n) is 7.78. The summed E-state index contributed by atoms with van der Waals surface area (Å²) in [4.78, 5) is 0. The summed E-state index contributed by atoms with van der Waals surface area (Å²) in [5, 5.41) is 0. The molecule has 0 heteroatoms. The number of hydrogen-bond acceptors (Lipinski definition) is 0. The first-order valence-electron chi connectivity index (χ1n) is 12.6. The van der Waals surface area contributed by atoms with Crippen molar-refractivity contribution in [2.75, 3.05) is 0 Å². The van der Waals surface area contributed by atoms with Crippen LogP contribution >= 0.6 is 0 Å². The van der Waals surface area contributed by atoms with Gasteiger partial charge in [-0.1, -0.05) is 79.1 Å². The highest BCUT2D eigenvalue weighted by molar-refractivity contribution is 4.90. The lowest BCUT2D eigenvalue weighted by atomic mass is 9.65. The van der Waals surface area contributed by atoms with Crippen molar-refractivity contribution in [2.24, 2.45) is 47.3 Å². The second-order valence-corrected chi connectivity index (χ2v) is 10.8. The van der Waals surface area contributed by atoms with Gasteiger partial charge in [0.1, 0.15) is 0 Å². The third-order valence-corrected chi connectivity index (χ3v) is 9.20. The first-order chi connectivity index (χ1) is 12.6. The van der Waals surface area contributed by atoms with Crippen molar-refractivity contribution in [3.05, 3.63) is 0 Å². The van der Waals surface area contributed by atoms with Crippen molar-refractivity contribution in [2.45, 2.75) is 118 Å². The molecule has 26 heavy (non-hydrogen) atoms. The highest BCUT2D eigenvalue weighted by atomic mass is 14.4. The predicted octanol–water partition coefficient (Wildman–Crippen LogP) is 8.50. The van der Waals surface area contributed by atoms with E-state index in [9.17, 15) is 0 Å². The van der Waals surface area contributed by atoms with Crippen LogP contribution in [0.3, 0.4) is 0 Å². The normalized spacial score (nSPS) is 45.2. The summed E-state index contributed by atoms with van der Waals surface area (Å²) < 4.78 is 0. The Morgan fingerprint density at radius 1 is 0.692 bits per heavy atom. The molecule has 0 radical (unpaired) electrons. The Balaban J connectivity index is 1.81. The second-order valence-electron chi connectivity index (χ2n) is 10.8. The van der Waals surface area contributed by atoms with E-state index < -0.39 is 0 Å². The lowest BCUT2D eigenvalue weighted by Crippen LogP contribution is -2.32.